The molecule has 1 saturated carbocycles. The molecule has 0 amide bonds. The Morgan fingerprint density at radius 1 is 1.35 bits per heavy atom. The van der Waals surface area contributed by atoms with Crippen molar-refractivity contribution in [2.24, 2.45) is 5.92 Å². The van der Waals surface area contributed by atoms with Gasteiger partial charge in [0.25, 0.3) is 0 Å². The fraction of sp³-hybridized carbons (Fsp3) is 0.643. The first-order valence-electron chi connectivity index (χ1n) is 6.55. The molecular weight excluding hydrogens is 215 g/mol. The van der Waals surface area contributed by atoms with E-state index in [-0.39, 0.29) is 0 Å². The van der Waals surface area contributed by atoms with Gasteiger partial charge in [-0.2, -0.15) is 4.39 Å². The number of hydrogen-bond acceptors (Lipinski definition) is 2. The molecule has 1 aliphatic carbocycles. The molecule has 0 unspecified atom stereocenters. The van der Waals surface area contributed by atoms with Crippen molar-refractivity contribution in [2.45, 2.75) is 45.1 Å². The van der Waals surface area contributed by atoms with Crippen LogP contribution in [0.4, 0.5) is 10.1 Å². The lowest BCUT2D eigenvalue weighted by Gasteiger charge is -2.35. The lowest BCUT2D eigenvalue weighted by atomic mass is 9.84. The van der Waals surface area contributed by atoms with Gasteiger partial charge in [0.2, 0.25) is 5.95 Å². The Balaban J connectivity index is 1.99. The first-order chi connectivity index (χ1) is 8.20. The zero-order valence-corrected chi connectivity index (χ0v) is 10.7. The van der Waals surface area contributed by atoms with E-state index in [1.54, 1.807) is 6.20 Å². The summed E-state index contributed by atoms with van der Waals surface area (Å²) in [4.78, 5) is 5.80. The molecule has 1 aromatic rings. The van der Waals surface area contributed by atoms with Gasteiger partial charge in [-0.15, -0.1) is 0 Å². The van der Waals surface area contributed by atoms with Crippen LogP contribution in [0.3, 0.4) is 0 Å². The van der Waals surface area contributed by atoms with Crippen LogP contribution in [0.5, 0.6) is 0 Å². The van der Waals surface area contributed by atoms with Crippen LogP contribution in [0.15, 0.2) is 18.3 Å². The monoisotopic (exact) mass is 236 g/mol. The molecule has 1 fully saturated rings. The summed E-state index contributed by atoms with van der Waals surface area (Å²) in [6.45, 7) is 2.27. The molecule has 0 aromatic carbocycles. The molecule has 0 atom stereocenters. The lowest BCUT2D eigenvalue weighted by Crippen LogP contribution is -2.35. The van der Waals surface area contributed by atoms with Crippen LogP contribution < -0.4 is 4.90 Å². The summed E-state index contributed by atoms with van der Waals surface area (Å²) >= 11 is 0. The van der Waals surface area contributed by atoms with Crippen molar-refractivity contribution in [3.8, 4) is 0 Å². The van der Waals surface area contributed by atoms with E-state index in [4.69, 9.17) is 0 Å². The van der Waals surface area contributed by atoms with E-state index in [1.807, 2.05) is 6.07 Å². The van der Waals surface area contributed by atoms with Crippen LogP contribution in [0.2, 0.25) is 0 Å². The summed E-state index contributed by atoms with van der Waals surface area (Å²) in [5.41, 5.74) is 0.942. The van der Waals surface area contributed by atoms with Gasteiger partial charge in [-0.1, -0.05) is 13.3 Å². The van der Waals surface area contributed by atoms with Gasteiger partial charge in [-0.3, -0.25) is 0 Å². The molecule has 0 aliphatic heterocycles. The Kier molecular flexibility index (Phi) is 3.97. The van der Waals surface area contributed by atoms with Gasteiger partial charge in [0.15, 0.2) is 0 Å². The number of pyridine rings is 1. The van der Waals surface area contributed by atoms with Gasteiger partial charge >= 0.3 is 0 Å². The Morgan fingerprint density at radius 2 is 2.06 bits per heavy atom. The molecule has 94 valence electrons. The fourth-order valence-corrected chi connectivity index (χ4v) is 2.76. The second-order valence-electron chi connectivity index (χ2n) is 5.03. The zero-order chi connectivity index (χ0) is 12.3. The highest BCUT2D eigenvalue weighted by Crippen LogP contribution is 2.31. The normalized spacial score (nSPS) is 24.6. The Morgan fingerprint density at radius 3 is 2.65 bits per heavy atom. The molecular formula is C14H21FN2. The van der Waals surface area contributed by atoms with Gasteiger partial charge < -0.3 is 4.90 Å². The smallest absolute Gasteiger partial charge is 0.214 e. The second-order valence-corrected chi connectivity index (χ2v) is 5.03. The molecule has 0 N–H and O–H groups in total. The van der Waals surface area contributed by atoms with Crippen LogP contribution >= 0.6 is 0 Å². The maximum atomic E-state index is 13.1. The van der Waals surface area contributed by atoms with Gasteiger partial charge in [0, 0.05) is 31.0 Å². The van der Waals surface area contributed by atoms with E-state index in [0.717, 1.165) is 11.6 Å². The third-order valence-corrected chi connectivity index (χ3v) is 4.06. The van der Waals surface area contributed by atoms with Gasteiger partial charge in [0.1, 0.15) is 0 Å². The molecule has 1 aliphatic rings. The van der Waals surface area contributed by atoms with Crippen LogP contribution in [-0.4, -0.2) is 18.1 Å². The number of aromatic nitrogens is 1. The minimum atomic E-state index is -0.392. The number of halogens is 1. The molecule has 3 heteroatoms. The van der Waals surface area contributed by atoms with Gasteiger partial charge in [-0.25, -0.2) is 4.98 Å². The number of hydrogen-bond donors (Lipinski definition) is 0. The highest BCUT2D eigenvalue weighted by atomic mass is 19.1. The van der Waals surface area contributed by atoms with Crippen LogP contribution in [-0.2, 0) is 0 Å². The minimum Gasteiger partial charge on any atom is -0.371 e. The molecule has 0 saturated heterocycles. The first-order valence-corrected chi connectivity index (χ1v) is 6.55. The topological polar surface area (TPSA) is 16.1 Å². The van der Waals surface area contributed by atoms with E-state index in [0.29, 0.717) is 6.04 Å². The molecule has 17 heavy (non-hydrogen) atoms. The lowest BCUT2D eigenvalue weighted by molar-refractivity contribution is 0.313. The zero-order valence-electron chi connectivity index (χ0n) is 10.7. The summed E-state index contributed by atoms with van der Waals surface area (Å²) in [5, 5.41) is 0. The average molecular weight is 236 g/mol. The molecule has 0 bridgehead atoms. The first kappa shape index (κ1) is 12.3. The average Bonchev–Trinajstić information content (AvgIpc) is 2.38. The number of nitrogens with zero attached hydrogens (tertiary/aromatic N) is 2. The minimum absolute atomic E-state index is 0.392. The quantitative estimate of drug-likeness (QED) is 0.745. The van der Waals surface area contributed by atoms with Crippen LogP contribution in [0, 0.1) is 11.9 Å². The third kappa shape index (κ3) is 2.96. The summed E-state index contributed by atoms with van der Waals surface area (Å²) in [6.07, 6.45) is 7.88. The third-order valence-electron chi connectivity index (χ3n) is 4.06. The van der Waals surface area contributed by atoms with E-state index in [1.165, 1.54) is 38.2 Å². The molecule has 1 heterocycles. The van der Waals surface area contributed by atoms with Crippen molar-refractivity contribution in [1.29, 1.82) is 0 Å². The van der Waals surface area contributed by atoms with Gasteiger partial charge in [0.05, 0.1) is 0 Å². The second kappa shape index (κ2) is 5.48. The number of rotatable bonds is 3. The summed E-state index contributed by atoms with van der Waals surface area (Å²) in [6, 6.07) is 3.96. The maximum absolute atomic E-state index is 13.1. The van der Waals surface area contributed by atoms with E-state index >= 15 is 0 Å². The Bertz CT molecular complexity index is 359. The number of anilines is 1. The van der Waals surface area contributed by atoms with Crippen LogP contribution in [0.25, 0.3) is 0 Å². The van der Waals surface area contributed by atoms with Crippen molar-refractivity contribution in [3.63, 3.8) is 0 Å². The van der Waals surface area contributed by atoms with Crippen LogP contribution in [0.1, 0.15) is 39.0 Å². The molecule has 1 aromatic heterocycles. The molecule has 0 radical (unpaired) electrons. The Labute approximate surface area is 103 Å². The fourth-order valence-electron chi connectivity index (χ4n) is 2.76. The molecule has 2 rings (SSSR count). The summed E-state index contributed by atoms with van der Waals surface area (Å²) in [7, 11) is 2.06. The van der Waals surface area contributed by atoms with Gasteiger partial charge in [-0.05, 0) is 37.7 Å². The van der Waals surface area contributed by atoms with E-state index in [2.05, 4.69) is 23.9 Å². The maximum Gasteiger partial charge on any atom is 0.214 e. The van der Waals surface area contributed by atoms with E-state index < -0.39 is 5.95 Å². The highest BCUT2D eigenvalue weighted by molar-refractivity contribution is 5.45. The van der Waals surface area contributed by atoms with Crippen molar-refractivity contribution in [2.75, 3.05) is 11.9 Å². The van der Waals surface area contributed by atoms with E-state index in [9.17, 15) is 4.39 Å². The van der Waals surface area contributed by atoms with Crippen molar-refractivity contribution in [3.05, 3.63) is 24.3 Å². The molecule has 0 spiro atoms. The molecule has 2 nitrogen and oxygen atoms in total. The largest absolute Gasteiger partial charge is 0.371 e. The predicted molar refractivity (Wildman–Crippen MR) is 68.6 cm³/mol. The van der Waals surface area contributed by atoms with Crippen molar-refractivity contribution >= 4 is 5.69 Å². The van der Waals surface area contributed by atoms with Crippen molar-refractivity contribution in [1.82, 2.24) is 4.98 Å². The highest BCUT2D eigenvalue weighted by Gasteiger charge is 2.23. The van der Waals surface area contributed by atoms with Crippen molar-refractivity contribution < 1.29 is 4.39 Å². The summed E-state index contributed by atoms with van der Waals surface area (Å²) in [5.74, 6) is 0.505. The SMILES string of the molecule is CCC1CCC(N(C)c2ccnc(F)c2)CC1. The predicted octanol–water partition coefficient (Wildman–Crippen LogP) is 3.63. The summed E-state index contributed by atoms with van der Waals surface area (Å²) < 4.78 is 13.1. The Hall–Kier alpha value is -1.12. The standard InChI is InChI=1S/C14H21FN2/c1-3-11-4-6-12(7-5-11)17(2)13-8-9-16-14(15)10-13/h8-12H,3-7H2,1-2H3.